The number of fused-ring (bicyclic) bond motifs is 1. The van der Waals surface area contributed by atoms with E-state index in [0.717, 1.165) is 0 Å². The molecular formula is C15H12O4. The largest absolute Gasteiger partial charge is 0.478 e. The highest BCUT2D eigenvalue weighted by molar-refractivity contribution is 6.07. The Bertz CT molecular complexity index is 686. The Labute approximate surface area is 109 Å². The van der Waals surface area contributed by atoms with Crippen LogP contribution in [0.15, 0.2) is 43.0 Å². The second-order valence-corrected chi connectivity index (χ2v) is 4.10. The van der Waals surface area contributed by atoms with Gasteiger partial charge in [-0.25, -0.2) is 9.59 Å². The Morgan fingerprint density at radius 1 is 1.00 bits per heavy atom. The van der Waals surface area contributed by atoms with E-state index in [1.54, 1.807) is 18.2 Å². The number of carbonyl (C=O) groups is 2. The smallest absolute Gasteiger partial charge is 0.336 e. The van der Waals surface area contributed by atoms with E-state index >= 15 is 0 Å². The topological polar surface area (TPSA) is 74.6 Å². The highest BCUT2D eigenvalue weighted by Gasteiger charge is 2.15. The zero-order valence-electron chi connectivity index (χ0n) is 10.1. The van der Waals surface area contributed by atoms with Gasteiger partial charge in [0.25, 0.3) is 0 Å². The van der Waals surface area contributed by atoms with Crippen LogP contribution in [-0.4, -0.2) is 22.2 Å². The molecule has 0 fully saturated rings. The van der Waals surface area contributed by atoms with Crippen molar-refractivity contribution in [3.05, 3.63) is 59.7 Å². The fourth-order valence-electron chi connectivity index (χ4n) is 2.17. The van der Waals surface area contributed by atoms with Crippen LogP contribution >= 0.6 is 0 Å². The van der Waals surface area contributed by atoms with Gasteiger partial charge in [0, 0.05) is 0 Å². The van der Waals surface area contributed by atoms with Crippen molar-refractivity contribution in [2.45, 2.75) is 6.42 Å². The summed E-state index contributed by atoms with van der Waals surface area (Å²) in [5.41, 5.74) is 0.929. The van der Waals surface area contributed by atoms with Crippen molar-refractivity contribution >= 4 is 22.7 Å². The van der Waals surface area contributed by atoms with Gasteiger partial charge in [-0.15, -0.1) is 6.58 Å². The van der Waals surface area contributed by atoms with Gasteiger partial charge in [-0.3, -0.25) is 0 Å². The summed E-state index contributed by atoms with van der Waals surface area (Å²) < 4.78 is 0. The van der Waals surface area contributed by atoms with E-state index in [-0.39, 0.29) is 11.1 Å². The van der Waals surface area contributed by atoms with Gasteiger partial charge in [0.2, 0.25) is 0 Å². The summed E-state index contributed by atoms with van der Waals surface area (Å²) in [6, 6.07) is 7.82. The number of rotatable bonds is 4. The van der Waals surface area contributed by atoms with Crippen LogP contribution in [0.5, 0.6) is 0 Å². The second kappa shape index (κ2) is 4.94. The summed E-state index contributed by atoms with van der Waals surface area (Å²) in [6.45, 7) is 3.61. The molecule has 2 aromatic rings. The Hall–Kier alpha value is -2.62. The van der Waals surface area contributed by atoms with Crippen molar-refractivity contribution < 1.29 is 19.8 Å². The van der Waals surface area contributed by atoms with Crippen LogP contribution in [0.3, 0.4) is 0 Å². The zero-order chi connectivity index (χ0) is 14.0. The molecule has 0 aliphatic carbocycles. The van der Waals surface area contributed by atoms with Crippen LogP contribution in [0, 0.1) is 0 Å². The van der Waals surface area contributed by atoms with E-state index < -0.39 is 11.9 Å². The maximum Gasteiger partial charge on any atom is 0.336 e. The minimum absolute atomic E-state index is 0.166. The first-order chi connectivity index (χ1) is 9.06. The molecule has 0 saturated carbocycles. The maximum atomic E-state index is 11.2. The van der Waals surface area contributed by atoms with E-state index in [2.05, 4.69) is 6.58 Å². The minimum atomic E-state index is -1.03. The fraction of sp³-hybridized carbons (Fsp3) is 0.0667. The minimum Gasteiger partial charge on any atom is -0.478 e. The number of carboxylic acid groups (broad SMARTS) is 2. The summed E-state index contributed by atoms with van der Waals surface area (Å²) in [5, 5.41) is 19.5. The summed E-state index contributed by atoms with van der Waals surface area (Å²) in [4.78, 5) is 22.4. The van der Waals surface area contributed by atoms with Crippen molar-refractivity contribution in [3.63, 3.8) is 0 Å². The molecule has 19 heavy (non-hydrogen) atoms. The molecule has 2 N–H and O–H groups in total. The van der Waals surface area contributed by atoms with Crippen molar-refractivity contribution in [1.82, 2.24) is 0 Å². The number of allylic oxidation sites excluding steroid dienone is 1. The van der Waals surface area contributed by atoms with E-state index in [0.29, 0.717) is 22.8 Å². The van der Waals surface area contributed by atoms with Gasteiger partial charge in [-0.2, -0.15) is 0 Å². The van der Waals surface area contributed by atoms with Crippen molar-refractivity contribution in [3.8, 4) is 0 Å². The molecule has 96 valence electrons. The Morgan fingerprint density at radius 2 is 1.68 bits per heavy atom. The SMILES string of the molecule is C=CCc1c(C(=O)O)ccc2c(C(=O)O)cccc12. The number of benzene rings is 2. The highest BCUT2D eigenvalue weighted by atomic mass is 16.4. The normalized spacial score (nSPS) is 10.3. The van der Waals surface area contributed by atoms with Crippen molar-refractivity contribution in [1.29, 1.82) is 0 Å². The predicted molar refractivity (Wildman–Crippen MR) is 71.8 cm³/mol. The summed E-state index contributed by atoms with van der Waals surface area (Å²) in [6.07, 6.45) is 1.98. The zero-order valence-corrected chi connectivity index (χ0v) is 10.1. The molecule has 0 heterocycles. The second-order valence-electron chi connectivity index (χ2n) is 4.10. The van der Waals surface area contributed by atoms with E-state index in [9.17, 15) is 14.7 Å². The lowest BCUT2D eigenvalue weighted by Crippen LogP contribution is -2.04. The number of aromatic carboxylic acids is 2. The molecule has 0 atom stereocenters. The predicted octanol–water partition coefficient (Wildman–Crippen LogP) is 2.96. The molecule has 2 aromatic carbocycles. The van der Waals surface area contributed by atoms with Gasteiger partial charge in [0.1, 0.15) is 0 Å². The lowest BCUT2D eigenvalue weighted by atomic mass is 9.94. The molecule has 0 aliphatic rings. The van der Waals surface area contributed by atoms with Crippen LogP contribution < -0.4 is 0 Å². The van der Waals surface area contributed by atoms with Crippen LogP contribution in [0.4, 0.5) is 0 Å². The third-order valence-corrected chi connectivity index (χ3v) is 2.98. The molecule has 0 amide bonds. The van der Waals surface area contributed by atoms with Crippen molar-refractivity contribution in [2.75, 3.05) is 0 Å². The molecule has 4 heteroatoms. The van der Waals surface area contributed by atoms with Gasteiger partial charge in [-0.05, 0) is 34.9 Å². The summed E-state index contributed by atoms with van der Waals surface area (Å²) in [7, 11) is 0. The van der Waals surface area contributed by atoms with E-state index in [1.807, 2.05) is 0 Å². The summed E-state index contributed by atoms with van der Waals surface area (Å²) in [5.74, 6) is -2.06. The standard InChI is InChI=1S/C15H12O4/c1-2-4-9-10-5-3-6-12(14(16)17)11(10)7-8-13(9)15(18)19/h2-3,5-8H,1,4H2,(H,16,17)(H,18,19). The van der Waals surface area contributed by atoms with Crippen LogP contribution in [0.25, 0.3) is 10.8 Å². The van der Waals surface area contributed by atoms with Gasteiger partial charge in [-0.1, -0.05) is 24.3 Å². The van der Waals surface area contributed by atoms with Crippen LogP contribution in [0.1, 0.15) is 26.3 Å². The van der Waals surface area contributed by atoms with E-state index in [4.69, 9.17) is 5.11 Å². The Morgan fingerprint density at radius 3 is 2.26 bits per heavy atom. The molecule has 0 bridgehead atoms. The average molecular weight is 256 g/mol. The first kappa shape index (κ1) is 12.8. The number of hydrogen-bond donors (Lipinski definition) is 2. The lowest BCUT2D eigenvalue weighted by Gasteiger charge is -2.10. The van der Waals surface area contributed by atoms with Crippen LogP contribution in [-0.2, 0) is 6.42 Å². The van der Waals surface area contributed by atoms with Crippen molar-refractivity contribution in [2.24, 2.45) is 0 Å². The fourth-order valence-corrected chi connectivity index (χ4v) is 2.17. The molecule has 4 nitrogen and oxygen atoms in total. The monoisotopic (exact) mass is 256 g/mol. The maximum absolute atomic E-state index is 11.2. The Kier molecular flexibility index (Phi) is 3.33. The summed E-state index contributed by atoms with van der Waals surface area (Å²) >= 11 is 0. The lowest BCUT2D eigenvalue weighted by molar-refractivity contribution is 0.0687. The van der Waals surface area contributed by atoms with Crippen LogP contribution in [0.2, 0.25) is 0 Å². The molecule has 2 rings (SSSR count). The van der Waals surface area contributed by atoms with E-state index in [1.165, 1.54) is 18.2 Å². The highest BCUT2D eigenvalue weighted by Crippen LogP contribution is 2.26. The molecule has 0 unspecified atom stereocenters. The van der Waals surface area contributed by atoms with Gasteiger partial charge < -0.3 is 10.2 Å². The van der Waals surface area contributed by atoms with Gasteiger partial charge in [0.05, 0.1) is 11.1 Å². The number of hydrogen-bond acceptors (Lipinski definition) is 2. The molecule has 0 aromatic heterocycles. The molecule has 0 aliphatic heterocycles. The number of carboxylic acids is 2. The first-order valence-corrected chi connectivity index (χ1v) is 5.68. The Balaban J connectivity index is 2.86. The quantitative estimate of drug-likeness (QED) is 0.825. The molecular weight excluding hydrogens is 244 g/mol. The van der Waals surface area contributed by atoms with Gasteiger partial charge >= 0.3 is 11.9 Å². The molecule has 0 saturated heterocycles. The average Bonchev–Trinajstić information content (AvgIpc) is 2.38. The van der Waals surface area contributed by atoms with Gasteiger partial charge in [0.15, 0.2) is 0 Å². The third kappa shape index (κ3) is 2.20. The molecule has 0 spiro atoms. The molecule has 0 radical (unpaired) electrons. The first-order valence-electron chi connectivity index (χ1n) is 5.68. The third-order valence-electron chi connectivity index (χ3n) is 2.98.